The number of hydrogen-bond acceptors (Lipinski definition) is 3. The van der Waals surface area contributed by atoms with E-state index in [1.165, 1.54) is 12.1 Å². The van der Waals surface area contributed by atoms with Crippen LogP contribution in [0.5, 0.6) is 0 Å². The molecule has 0 aliphatic carbocycles. The molecule has 2 atom stereocenters. The summed E-state index contributed by atoms with van der Waals surface area (Å²) in [6, 6.07) is 1.30. The molecule has 1 aliphatic heterocycles. The molecule has 0 radical (unpaired) electrons. The molecule has 1 fully saturated rings. The molecule has 1 aliphatic rings. The van der Waals surface area contributed by atoms with Crippen molar-refractivity contribution in [3.8, 4) is 0 Å². The summed E-state index contributed by atoms with van der Waals surface area (Å²) in [6.07, 6.45) is 2.07. The van der Waals surface area contributed by atoms with Crippen molar-refractivity contribution in [1.29, 1.82) is 0 Å². The topological polar surface area (TPSA) is 35.5 Å². The van der Waals surface area contributed by atoms with E-state index in [0.29, 0.717) is 0 Å². The first-order valence-electron chi connectivity index (χ1n) is 5.05. The van der Waals surface area contributed by atoms with Crippen LogP contribution >= 0.6 is 0 Å². The summed E-state index contributed by atoms with van der Waals surface area (Å²) in [5.74, 6) is -0.230. The first-order chi connectivity index (χ1) is 6.62. The van der Waals surface area contributed by atoms with E-state index in [9.17, 15) is 4.79 Å². The monoisotopic (exact) mass is 262 g/mol. The molecule has 0 aromatic heterocycles. The van der Waals surface area contributed by atoms with Crippen molar-refractivity contribution in [1.82, 2.24) is 0 Å². The minimum Gasteiger partial charge on any atom is -0.518 e. The van der Waals surface area contributed by atoms with E-state index in [0.717, 1.165) is 6.23 Å². The first-order valence-corrected chi connectivity index (χ1v) is 18.1. The van der Waals surface area contributed by atoms with Crippen LogP contribution < -0.4 is 0 Å². The largest absolute Gasteiger partial charge is 0.518 e. The Kier molecular flexibility index (Phi) is 4.51. The predicted molar refractivity (Wildman–Crippen MR) is 68.6 cm³/mol. The lowest BCUT2D eigenvalue weighted by Gasteiger charge is -2.36. The van der Waals surface area contributed by atoms with Crippen LogP contribution in [0.15, 0.2) is 12.7 Å². The van der Waals surface area contributed by atoms with Crippen LogP contribution in [0.4, 0.5) is 0 Å². The smallest absolute Gasteiger partial charge is 0.316 e. The van der Waals surface area contributed by atoms with Gasteiger partial charge in [-0.2, -0.15) is 0 Å². The molecule has 80 valence electrons. The second-order valence-electron chi connectivity index (χ2n) is 3.88. The van der Waals surface area contributed by atoms with Crippen LogP contribution in [0, 0.1) is 0 Å². The van der Waals surface area contributed by atoms with Gasteiger partial charge < -0.3 is 8.85 Å². The fraction of sp³-hybridized carbons (Fsp3) is 0.571. The fourth-order valence-electron chi connectivity index (χ4n) is 1.94. The van der Waals surface area contributed by atoms with Crippen LogP contribution in [0.25, 0.3) is 0 Å². The highest BCUT2D eigenvalue weighted by Gasteiger charge is 2.44. The van der Waals surface area contributed by atoms with Crippen molar-refractivity contribution < 1.29 is 13.6 Å². The van der Waals surface area contributed by atoms with Crippen molar-refractivity contribution in [2.45, 2.75) is 19.5 Å². The number of rotatable bonds is 3. The lowest BCUT2D eigenvalue weighted by atomic mass is 10.7. The summed E-state index contributed by atoms with van der Waals surface area (Å²) in [5.41, 5.74) is 0. The molecule has 1 heterocycles. The van der Waals surface area contributed by atoms with E-state index < -0.39 is 15.7 Å². The fourth-order valence-corrected chi connectivity index (χ4v) is 53.1. The van der Waals surface area contributed by atoms with Crippen LogP contribution in [0.2, 0.25) is 12.6 Å². The summed E-state index contributed by atoms with van der Waals surface area (Å²) in [5, 5.41) is 0. The number of carbonyl (C=O) groups is 1. The van der Waals surface area contributed by atoms with Crippen LogP contribution in [-0.2, 0) is 13.6 Å². The highest BCUT2D eigenvalue weighted by Crippen LogP contribution is 2.16. The highest BCUT2D eigenvalue weighted by molar-refractivity contribution is 7.60. The van der Waals surface area contributed by atoms with Crippen molar-refractivity contribution in [3.05, 3.63) is 12.7 Å². The molecule has 2 unspecified atom stereocenters. The van der Waals surface area contributed by atoms with Gasteiger partial charge in [-0.1, -0.05) is 19.5 Å². The number of hydrogen-bond donors (Lipinski definition) is 0. The summed E-state index contributed by atoms with van der Waals surface area (Å²) in [4.78, 5) is 11.2. The quantitative estimate of drug-likeness (QED) is 0.476. The van der Waals surface area contributed by atoms with Crippen LogP contribution in [0.3, 0.4) is 0 Å². The van der Waals surface area contributed by atoms with Gasteiger partial charge in [-0.15, -0.1) is 0 Å². The summed E-state index contributed by atoms with van der Waals surface area (Å²) in [7, 11) is -2.51. The zero-order valence-electron chi connectivity index (χ0n) is 8.91. The van der Waals surface area contributed by atoms with Crippen molar-refractivity contribution in [2.24, 2.45) is 0 Å². The van der Waals surface area contributed by atoms with E-state index in [-0.39, 0.29) is 23.8 Å². The van der Waals surface area contributed by atoms with Gasteiger partial charge in [0.25, 0.3) is 7.83 Å². The summed E-state index contributed by atoms with van der Waals surface area (Å²) in [6.45, 7) is 7.90. The molecule has 1 rings (SSSR count). The Hall–Kier alpha value is 0.0375. The maximum Gasteiger partial charge on any atom is 0.316 e. The van der Waals surface area contributed by atoms with Gasteiger partial charge in [0, 0.05) is 14.6 Å². The second-order valence-corrected chi connectivity index (χ2v) is 30.3. The minimum absolute atomic E-state index is 0.0735. The van der Waals surface area contributed by atoms with Crippen molar-refractivity contribution in [2.75, 3.05) is 6.23 Å². The van der Waals surface area contributed by atoms with Gasteiger partial charge in [0.2, 0.25) is 0 Å². The molecule has 0 spiro atoms. The molecule has 0 aromatic rings. The standard InChI is InChI=1S/C7H18O3Si4/c1-4-7(8)10-14(3)6-9-11-12-13(14)5-2/h4,13H,1,5-6,11-12H2,2-3H3. The molecule has 14 heavy (non-hydrogen) atoms. The molecule has 0 saturated carbocycles. The third-order valence-corrected chi connectivity index (χ3v) is 45.5. The van der Waals surface area contributed by atoms with E-state index in [1.807, 2.05) is 0 Å². The molecule has 0 aromatic carbocycles. The van der Waals surface area contributed by atoms with Gasteiger partial charge >= 0.3 is 5.97 Å². The molecule has 0 amide bonds. The highest BCUT2D eigenvalue weighted by atomic mass is 29.8. The van der Waals surface area contributed by atoms with Crippen molar-refractivity contribution >= 4 is 39.5 Å². The van der Waals surface area contributed by atoms with E-state index in [1.54, 1.807) is 0 Å². The molecule has 0 bridgehead atoms. The molecule has 0 N–H and O–H groups in total. The molecule has 3 nitrogen and oxygen atoms in total. The van der Waals surface area contributed by atoms with Crippen LogP contribution in [0.1, 0.15) is 6.92 Å². The van der Waals surface area contributed by atoms with E-state index in [2.05, 4.69) is 20.0 Å². The Morgan fingerprint density at radius 2 is 2.57 bits per heavy atom. The number of carbonyl (C=O) groups excluding carboxylic acids is 1. The SMILES string of the molecule is C=CC(=O)O[Si]1(C)CO[SiH2][SiH2][SiH]1CC. The Labute approximate surface area is 91.7 Å². The molecular weight excluding hydrogens is 244 g/mol. The second kappa shape index (κ2) is 5.21. The lowest BCUT2D eigenvalue weighted by Crippen LogP contribution is -2.64. The van der Waals surface area contributed by atoms with Crippen molar-refractivity contribution in [3.63, 3.8) is 0 Å². The zero-order chi connectivity index (χ0) is 10.6. The first kappa shape index (κ1) is 12.1. The van der Waals surface area contributed by atoms with E-state index in [4.69, 9.17) is 8.85 Å². The maximum atomic E-state index is 11.2. The summed E-state index contributed by atoms with van der Waals surface area (Å²) < 4.78 is 11.3. The Bertz CT molecular complexity index is 235. The Morgan fingerprint density at radius 1 is 1.86 bits per heavy atom. The van der Waals surface area contributed by atoms with E-state index >= 15 is 0 Å². The normalized spacial score (nSPS) is 35.7. The van der Waals surface area contributed by atoms with Gasteiger partial charge in [-0.25, -0.2) is 4.79 Å². The van der Waals surface area contributed by atoms with Gasteiger partial charge in [-0.3, -0.25) is 0 Å². The summed E-state index contributed by atoms with van der Waals surface area (Å²) >= 11 is 0. The molecular formula is C7H18O3Si4. The maximum absolute atomic E-state index is 11.2. The Balaban J connectivity index is 2.67. The van der Waals surface area contributed by atoms with Gasteiger partial charge in [0.15, 0.2) is 0 Å². The van der Waals surface area contributed by atoms with Gasteiger partial charge in [-0.05, 0) is 6.55 Å². The van der Waals surface area contributed by atoms with Gasteiger partial charge in [0.05, 0.1) is 14.1 Å². The van der Waals surface area contributed by atoms with Gasteiger partial charge in [0.1, 0.15) is 9.28 Å². The zero-order valence-corrected chi connectivity index (χ0v) is 13.9. The third-order valence-electron chi connectivity index (χ3n) is 2.86. The minimum atomic E-state index is -1.76. The Morgan fingerprint density at radius 3 is 3.14 bits per heavy atom. The van der Waals surface area contributed by atoms with Crippen LogP contribution in [-0.4, -0.2) is 45.7 Å². The average molecular weight is 263 g/mol. The lowest BCUT2D eigenvalue weighted by molar-refractivity contribution is -0.129. The molecule has 1 saturated heterocycles. The average Bonchev–Trinajstić information content (AvgIpc) is 2.18. The third kappa shape index (κ3) is 2.76. The predicted octanol–water partition coefficient (Wildman–Crippen LogP) is -1.15. The molecule has 7 heteroatoms.